The number of benzene rings is 1. The van der Waals surface area contributed by atoms with E-state index in [0.717, 1.165) is 0 Å². The summed E-state index contributed by atoms with van der Waals surface area (Å²) in [5, 5.41) is 8.10. The summed E-state index contributed by atoms with van der Waals surface area (Å²) in [6.07, 6.45) is 2.74. The highest BCUT2D eigenvalue weighted by atomic mass is 32.2. The first-order chi connectivity index (χ1) is 11.8. The van der Waals surface area contributed by atoms with Gasteiger partial charge in [-0.1, -0.05) is 0 Å². The Balaban J connectivity index is 1.97. The van der Waals surface area contributed by atoms with Gasteiger partial charge in [-0.05, 0) is 31.2 Å². The van der Waals surface area contributed by atoms with E-state index in [0.29, 0.717) is 11.4 Å². The summed E-state index contributed by atoms with van der Waals surface area (Å²) in [6.45, 7) is 1.62. The van der Waals surface area contributed by atoms with Crippen molar-refractivity contribution in [2.24, 2.45) is 7.05 Å². The quantitative estimate of drug-likeness (QED) is 0.745. The molecule has 132 valence electrons. The third-order valence-corrected chi connectivity index (χ3v) is 5.03. The summed E-state index contributed by atoms with van der Waals surface area (Å²) in [6, 6.07) is 5.60. The molecule has 0 aliphatic heterocycles. The number of rotatable bonds is 5. The molecule has 3 aromatic rings. The zero-order valence-electron chi connectivity index (χ0n) is 13.8. The number of aryl methyl sites for hydroxylation is 1. The van der Waals surface area contributed by atoms with Gasteiger partial charge in [0.15, 0.2) is 0 Å². The van der Waals surface area contributed by atoms with Gasteiger partial charge >= 0.3 is 0 Å². The minimum Gasteiger partial charge on any atom is -0.478 e. The third-order valence-electron chi connectivity index (χ3n) is 3.56. The summed E-state index contributed by atoms with van der Waals surface area (Å²) in [5.41, 5.74) is 1.17. The molecule has 0 spiro atoms. The van der Waals surface area contributed by atoms with Gasteiger partial charge in [-0.15, -0.1) is 5.10 Å². The molecule has 0 bridgehead atoms. The second-order valence-electron chi connectivity index (χ2n) is 5.31. The molecular formula is C15H16FN5O3S. The van der Waals surface area contributed by atoms with E-state index in [2.05, 4.69) is 14.9 Å². The van der Waals surface area contributed by atoms with Crippen LogP contribution in [-0.4, -0.2) is 35.1 Å². The van der Waals surface area contributed by atoms with Gasteiger partial charge in [0, 0.05) is 7.05 Å². The van der Waals surface area contributed by atoms with Crippen LogP contribution in [0.1, 0.15) is 5.69 Å². The molecule has 0 saturated carbocycles. The van der Waals surface area contributed by atoms with Gasteiger partial charge in [0.05, 0.1) is 30.9 Å². The van der Waals surface area contributed by atoms with Crippen molar-refractivity contribution in [2.75, 3.05) is 11.8 Å². The average Bonchev–Trinajstić information content (AvgIpc) is 3.10. The molecule has 2 aromatic heterocycles. The SMILES string of the molecule is COc1nn(C)cc1NS(=O)(=O)c1cnn(-c2ccc(F)cc2)c1C. The Labute approximate surface area is 143 Å². The van der Waals surface area contributed by atoms with Crippen LogP contribution in [0.3, 0.4) is 0 Å². The number of anilines is 1. The van der Waals surface area contributed by atoms with Crippen molar-refractivity contribution in [3.05, 3.63) is 48.2 Å². The lowest BCUT2D eigenvalue weighted by Crippen LogP contribution is -2.14. The van der Waals surface area contributed by atoms with Crippen LogP contribution in [-0.2, 0) is 17.1 Å². The Kier molecular flexibility index (Phi) is 4.21. The highest BCUT2D eigenvalue weighted by molar-refractivity contribution is 7.92. The molecule has 8 nitrogen and oxygen atoms in total. The minimum atomic E-state index is -3.90. The second kappa shape index (κ2) is 6.20. The Morgan fingerprint density at radius 1 is 1.24 bits per heavy atom. The minimum absolute atomic E-state index is 0.00253. The molecule has 0 saturated heterocycles. The molecule has 25 heavy (non-hydrogen) atoms. The van der Waals surface area contributed by atoms with Crippen LogP contribution in [0.2, 0.25) is 0 Å². The highest BCUT2D eigenvalue weighted by Gasteiger charge is 2.24. The van der Waals surface area contributed by atoms with Gasteiger partial charge in [-0.25, -0.2) is 17.5 Å². The zero-order chi connectivity index (χ0) is 18.2. The molecule has 0 atom stereocenters. The normalized spacial score (nSPS) is 11.5. The van der Waals surface area contributed by atoms with Crippen LogP contribution >= 0.6 is 0 Å². The molecule has 2 heterocycles. The molecule has 0 aliphatic rings. The maximum Gasteiger partial charge on any atom is 0.265 e. The van der Waals surface area contributed by atoms with Gasteiger partial charge in [0.2, 0.25) is 0 Å². The lowest BCUT2D eigenvalue weighted by molar-refractivity contribution is 0.393. The van der Waals surface area contributed by atoms with Crippen molar-refractivity contribution in [2.45, 2.75) is 11.8 Å². The number of halogens is 1. The van der Waals surface area contributed by atoms with E-state index in [-0.39, 0.29) is 22.3 Å². The molecule has 10 heteroatoms. The fourth-order valence-corrected chi connectivity index (χ4v) is 3.59. The average molecular weight is 365 g/mol. The largest absolute Gasteiger partial charge is 0.478 e. The van der Waals surface area contributed by atoms with Crippen LogP contribution in [0.5, 0.6) is 5.88 Å². The Morgan fingerprint density at radius 3 is 2.56 bits per heavy atom. The zero-order valence-corrected chi connectivity index (χ0v) is 14.6. The topological polar surface area (TPSA) is 91.0 Å². The van der Waals surface area contributed by atoms with Gasteiger partial charge in [-0.2, -0.15) is 5.10 Å². The first kappa shape index (κ1) is 17.0. The number of nitrogens with zero attached hydrogens (tertiary/aromatic N) is 4. The van der Waals surface area contributed by atoms with Crippen molar-refractivity contribution < 1.29 is 17.5 Å². The van der Waals surface area contributed by atoms with Crippen LogP contribution in [0.4, 0.5) is 10.1 Å². The maximum atomic E-state index is 13.1. The van der Waals surface area contributed by atoms with E-state index in [4.69, 9.17) is 4.74 Å². The van der Waals surface area contributed by atoms with Crippen molar-refractivity contribution in [1.82, 2.24) is 19.6 Å². The number of nitrogens with one attached hydrogen (secondary N) is 1. The number of hydrogen-bond acceptors (Lipinski definition) is 5. The number of hydrogen-bond donors (Lipinski definition) is 1. The fourth-order valence-electron chi connectivity index (χ4n) is 2.39. The van der Waals surface area contributed by atoms with Crippen LogP contribution in [0.15, 0.2) is 41.6 Å². The van der Waals surface area contributed by atoms with E-state index >= 15 is 0 Å². The molecular weight excluding hydrogens is 349 g/mol. The first-order valence-corrected chi connectivity index (χ1v) is 8.71. The van der Waals surface area contributed by atoms with Gasteiger partial charge in [0.1, 0.15) is 16.4 Å². The Bertz CT molecular complexity index is 1010. The molecule has 1 N–H and O–H groups in total. The summed E-state index contributed by atoms with van der Waals surface area (Å²) >= 11 is 0. The standard InChI is InChI=1S/C15H16FN5O3S/c1-10-14(8-17-21(10)12-6-4-11(16)5-7-12)25(22,23)19-13-9-20(2)18-15(13)24-3/h4-9,19H,1-3H3. The van der Waals surface area contributed by atoms with Gasteiger partial charge < -0.3 is 4.74 Å². The molecule has 0 amide bonds. The number of aromatic nitrogens is 4. The summed E-state index contributed by atoms with van der Waals surface area (Å²) in [7, 11) is -0.848. The predicted molar refractivity (Wildman–Crippen MR) is 88.8 cm³/mol. The Morgan fingerprint density at radius 2 is 1.92 bits per heavy atom. The molecule has 0 fully saturated rings. The molecule has 0 radical (unpaired) electrons. The predicted octanol–water partition coefficient (Wildman–Crippen LogP) is 1.86. The lowest BCUT2D eigenvalue weighted by atomic mass is 10.3. The Hall–Kier alpha value is -2.88. The first-order valence-electron chi connectivity index (χ1n) is 7.23. The van der Waals surface area contributed by atoms with Gasteiger partial charge in [0.25, 0.3) is 15.9 Å². The monoisotopic (exact) mass is 365 g/mol. The summed E-state index contributed by atoms with van der Waals surface area (Å²) in [4.78, 5) is 0.00253. The second-order valence-corrected chi connectivity index (χ2v) is 6.96. The van der Waals surface area contributed by atoms with E-state index in [1.54, 1.807) is 14.0 Å². The molecule has 3 rings (SSSR count). The number of methoxy groups -OCH3 is 1. The van der Waals surface area contributed by atoms with E-state index < -0.39 is 10.0 Å². The summed E-state index contributed by atoms with van der Waals surface area (Å²) in [5.74, 6) is -0.221. The highest BCUT2D eigenvalue weighted by Crippen LogP contribution is 2.26. The van der Waals surface area contributed by atoms with Crippen LogP contribution in [0, 0.1) is 12.7 Å². The number of ether oxygens (including phenoxy) is 1. The number of sulfonamides is 1. The van der Waals surface area contributed by atoms with Crippen molar-refractivity contribution in [3.8, 4) is 11.6 Å². The van der Waals surface area contributed by atoms with Crippen molar-refractivity contribution >= 4 is 15.7 Å². The third kappa shape index (κ3) is 3.20. The van der Waals surface area contributed by atoms with Crippen molar-refractivity contribution in [3.63, 3.8) is 0 Å². The molecule has 0 unspecified atom stereocenters. The summed E-state index contributed by atoms with van der Waals surface area (Å²) < 4.78 is 48.8. The van der Waals surface area contributed by atoms with E-state index in [1.807, 2.05) is 0 Å². The van der Waals surface area contributed by atoms with Crippen molar-refractivity contribution in [1.29, 1.82) is 0 Å². The lowest BCUT2D eigenvalue weighted by Gasteiger charge is -2.08. The maximum absolute atomic E-state index is 13.1. The van der Waals surface area contributed by atoms with E-state index in [9.17, 15) is 12.8 Å². The molecule has 0 aliphatic carbocycles. The van der Waals surface area contributed by atoms with E-state index in [1.165, 1.54) is 53.1 Å². The van der Waals surface area contributed by atoms with Gasteiger partial charge in [-0.3, -0.25) is 9.40 Å². The molecule has 1 aromatic carbocycles. The fraction of sp³-hybridized carbons (Fsp3) is 0.200. The van der Waals surface area contributed by atoms with Crippen LogP contribution < -0.4 is 9.46 Å². The van der Waals surface area contributed by atoms with Crippen LogP contribution in [0.25, 0.3) is 5.69 Å². The smallest absolute Gasteiger partial charge is 0.265 e.